The predicted molar refractivity (Wildman–Crippen MR) is 108 cm³/mol. The molecule has 1 amide bonds. The molecule has 2 aliphatic heterocycles. The Kier molecular flexibility index (Phi) is 6.18. The van der Waals surface area contributed by atoms with Crippen LogP contribution in [0, 0.1) is 12.7 Å². The van der Waals surface area contributed by atoms with E-state index in [1.165, 1.54) is 12.3 Å². The van der Waals surface area contributed by atoms with E-state index in [4.69, 9.17) is 4.74 Å². The number of alkyl halides is 2. The summed E-state index contributed by atoms with van der Waals surface area (Å²) in [6.07, 6.45) is 2.54. The normalized spacial score (nSPS) is 18.1. The highest BCUT2D eigenvalue weighted by atomic mass is 19.3. The summed E-state index contributed by atoms with van der Waals surface area (Å²) in [7, 11) is 0. The fourth-order valence-electron chi connectivity index (χ4n) is 4.14. The Morgan fingerprint density at radius 1 is 1.22 bits per heavy atom. The van der Waals surface area contributed by atoms with Gasteiger partial charge in [0.1, 0.15) is 23.8 Å². The second kappa shape index (κ2) is 8.89. The van der Waals surface area contributed by atoms with Gasteiger partial charge in [0.15, 0.2) is 5.82 Å². The van der Waals surface area contributed by atoms with Crippen molar-refractivity contribution in [2.24, 2.45) is 0 Å². The number of aromatic nitrogens is 3. The van der Waals surface area contributed by atoms with Crippen molar-refractivity contribution in [3.05, 3.63) is 41.2 Å². The molecule has 0 atom stereocenters. The third-order valence-electron chi connectivity index (χ3n) is 5.82. The van der Waals surface area contributed by atoms with Gasteiger partial charge >= 0.3 is 6.61 Å². The highest BCUT2D eigenvalue weighted by Crippen LogP contribution is 2.37. The van der Waals surface area contributed by atoms with Gasteiger partial charge in [0, 0.05) is 31.6 Å². The number of rotatable bonds is 6. The molecule has 2 aromatic rings. The zero-order chi connectivity index (χ0) is 22.9. The van der Waals surface area contributed by atoms with E-state index in [0.717, 1.165) is 0 Å². The number of piperidine rings is 1. The molecule has 2 aliphatic rings. The minimum atomic E-state index is -3.00. The zero-order valence-corrected chi connectivity index (χ0v) is 17.9. The van der Waals surface area contributed by atoms with Crippen molar-refractivity contribution in [3.63, 3.8) is 0 Å². The van der Waals surface area contributed by atoms with Crippen molar-refractivity contribution in [1.82, 2.24) is 19.9 Å². The Labute approximate surface area is 183 Å². The van der Waals surface area contributed by atoms with Crippen molar-refractivity contribution in [3.8, 4) is 5.75 Å². The van der Waals surface area contributed by atoms with E-state index >= 15 is 0 Å². The molecule has 4 rings (SSSR count). The minimum Gasteiger partial charge on any atom is -0.433 e. The van der Waals surface area contributed by atoms with Crippen LogP contribution in [0.15, 0.2) is 18.3 Å². The summed E-state index contributed by atoms with van der Waals surface area (Å²) in [5.74, 6) is -0.309. The van der Waals surface area contributed by atoms with Crippen molar-refractivity contribution in [2.45, 2.75) is 52.0 Å². The number of carbonyl (C=O) groups is 1. The van der Waals surface area contributed by atoms with Gasteiger partial charge in [0.05, 0.1) is 18.4 Å². The summed E-state index contributed by atoms with van der Waals surface area (Å²) in [5, 5.41) is 0. The lowest BCUT2D eigenvalue weighted by atomic mass is 9.98. The number of nitrogens with zero attached hydrogens (tertiary/aromatic N) is 5. The lowest BCUT2D eigenvalue weighted by molar-refractivity contribution is -0.138. The molecule has 2 fully saturated rings. The minimum absolute atomic E-state index is 0.00437. The molecule has 172 valence electrons. The van der Waals surface area contributed by atoms with Crippen molar-refractivity contribution >= 4 is 11.9 Å². The summed E-state index contributed by atoms with van der Waals surface area (Å²) in [4.78, 5) is 28.8. The highest BCUT2D eigenvalue weighted by Gasteiger charge is 2.49. The molecule has 0 radical (unpaired) electrons. The van der Waals surface area contributed by atoms with Crippen LogP contribution in [-0.4, -0.2) is 57.8 Å². The second-order valence-electron chi connectivity index (χ2n) is 7.80. The standard InChI is InChI=1S/C21H24F3N5O3/c1-3-15-14(22)10-25-20(27-15)28-8-6-21(7-9-28)29(18(30)12-31-21)11-16-17(32-19(23)24)5-4-13(2)26-16/h4-5,10,19H,3,6-9,11-12H2,1-2H3. The number of aryl methyl sites for hydroxylation is 2. The lowest BCUT2D eigenvalue weighted by Gasteiger charge is -2.43. The molecule has 0 aliphatic carbocycles. The Hall–Kier alpha value is -2.95. The second-order valence-corrected chi connectivity index (χ2v) is 7.80. The van der Waals surface area contributed by atoms with E-state index < -0.39 is 18.2 Å². The Morgan fingerprint density at radius 3 is 2.66 bits per heavy atom. The van der Waals surface area contributed by atoms with E-state index in [2.05, 4.69) is 19.7 Å². The molecule has 4 heterocycles. The van der Waals surface area contributed by atoms with Gasteiger partial charge in [0.2, 0.25) is 5.95 Å². The first-order valence-corrected chi connectivity index (χ1v) is 10.4. The van der Waals surface area contributed by atoms with Gasteiger partial charge in [-0.1, -0.05) is 6.92 Å². The van der Waals surface area contributed by atoms with Crippen LogP contribution in [-0.2, 0) is 22.5 Å². The summed E-state index contributed by atoms with van der Waals surface area (Å²) in [6.45, 7) is 1.44. The number of anilines is 1. The zero-order valence-electron chi connectivity index (χ0n) is 17.9. The third-order valence-corrected chi connectivity index (χ3v) is 5.82. The summed E-state index contributed by atoms with van der Waals surface area (Å²) >= 11 is 0. The van der Waals surface area contributed by atoms with Crippen LogP contribution in [0.4, 0.5) is 19.1 Å². The van der Waals surface area contributed by atoms with Crippen LogP contribution in [0.25, 0.3) is 0 Å². The van der Waals surface area contributed by atoms with Crippen molar-refractivity contribution in [2.75, 3.05) is 24.6 Å². The van der Waals surface area contributed by atoms with Crippen LogP contribution in [0.5, 0.6) is 5.75 Å². The fraction of sp³-hybridized carbons (Fsp3) is 0.524. The quantitative estimate of drug-likeness (QED) is 0.668. The number of halogens is 3. The molecule has 0 bridgehead atoms. The van der Waals surface area contributed by atoms with Gasteiger partial charge in [-0.25, -0.2) is 14.4 Å². The molecule has 0 aromatic carbocycles. The number of amides is 1. The van der Waals surface area contributed by atoms with Gasteiger partial charge in [-0.05, 0) is 25.5 Å². The number of hydrogen-bond acceptors (Lipinski definition) is 7. The molecular formula is C21H24F3N5O3. The molecule has 2 saturated heterocycles. The molecule has 0 N–H and O–H groups in total. The molecule has 2 aromatic heterocycles. The van der Waals surface area contributed by atoms with E-state index in [1.54, 1.807) is 17.9 Å². The number of ether oxygens (including phenoxy) is 2. The summed E-state index contributed by atoms with van der Waals surface area (Å²) in [5.41, 5.74) is 0.342. The van der Waals surface area contributed by atoms with Gasteiger partial charge in [-0.2, -0.15) is 8.78 Å². The third kappa shape index (κ3) is 4.34. The molecular weight excluding hydrogens is 427 g/mol. The number of carbonyl (C=O) groups excluding carboxylic acids is 1. The first-order chi connectivity index (χ1) is 15.3. The van der Waals surface area contributed by atoms with Crippen molar-refractivity contribution in [1.29, 1.82) is 0 Å². The van der Waals surface area contributed by atoms with Crippen molar-refractivity contribution < 1.29 is 27.4 Å². The van der Waals surface area contributed by atoms with Crippen LogP contribution in [0.1, 0.15) is 36.8 Å². The maximum atomic E-state index is 13.7. The maximum Gasteiger partial charge on any atom is 0.387 e. The average molecular weight is 451 g/mol. The predicted octanol–water partition coefficient (Wildman–Crippen LogP) is 2.84. The van der Waals surface area contributed by atoms with Crippen LogP contribution < -0.4 is 9.64 Å². The van der Waals surface area contributed by atoms with Gasteiger partial charge in [0.25, 0.3) is 5.91 Å². The number of pyridine rings is 1. The SMILES string of the molecule is CCc1nc(N2CCC3(CC2)OCC(=O)N3Cc2nc(C)ccc2OC(F)F)ncc1F. The average Bonchev–Trinajstić information content (AvgIpc) is 3.06. The summed E-state index contributed by atoms with van der Waals surface area (Å²) in [6, 6.07) is 3.00. The lowest BCUT2D eigenvalue weighted by Crippen LogP contribution is -2.54. The summed E-state index contributed by atoms with van der Waals surface area (Å²) < 4.78 is 49.9. The molecule has 11 heteroatoms. The number of hydrogen-bond donors (Lipinski definition) is 0. The Bertz CT molecular complexity index is 999. The van der Waals surface area contributed by atoms with Gasteiger partial charge < -0.3 is 19.3 Å². The van der Waals surface area contributed by atoms with E-state index in [-0.39, 0.29) is 30.5 Å². The smallest absolute Gasteiger partial charge is 0.387 e. The Balaban J connectivity index is 1.52. The first kappa shape index (κ1) is 22.3. The van der Waals surface area contributed by atoms with Crippen LogP contribution in [0.3, 0.4) is 0 Å². The van der Waals surface area contributed by atoms with E-state index in [1.807, 2.05) is 11.8 Å². The largest absolute Gasteiger partial charge is 0.433 e. The van der Waals surface area contributed by atoms with Crippen LogP contribution in [0.2, 0.25) is 0 Å². The van der Waals surface area contributed by atoms with E-state index in [0.29, 0.717) is 49.7 Å². The molecule has 32 heavy (non-hydrogen) atoms. The first-order valence-electron chi connectivity index (χ1n) is 10.4. The molecule has 8 nitrogen and oxygen atoms in total. The molecule has 1 spiro atoms. The molecule has 0 saturated carbocycles. The highest BCUT2D eigenvalue weighted by molar-refractivity contribution is 5.80. The molecule has 0 unspecified atom stereocenters. The maximum absolute atomic E-state index is 13.7. The Morgan fingerprint density at radius 2 is 1.97 bits per heavy atom. The fourth-order valence-corrected chi connectivity index (χ4v) is 4.14. The van der Waals surface area contributed by atoms with Gasteiger partial charge in [-0.3, -0.25) is 9.78 Å². The van der Waals surface area contributed by atoms with E-state index in [9.17, 15) is 18.0 Å². The topological polar surface area (TPSA) is 80.7 Å². The monoisotopic (exact) mass is 451 g/mol. The van der Waals surface area contributed by atoms with Gasteiger partial charge in [-0.15, -0.1) is 0 Å². The van der Waals surface area contributed by atoms with Crippen LogP contribution >= 0.6 is 0 Å².